The maximum absolute atomic E-state index is 11.4. The number of hydrogen-bond acceptors (Lipinski definition) is 4. The molecule has 0 aliphatic carbocycles. The normalized spacial score (nSPS) is 10.3. The Kier molecular flexibility index (Phi) is 4.10. The van der Waals surface area contributed by atoms with Crippen LogP contribution in [0.2, 0.25) is 0 Å². The average Bonchev–Trinajstić information content (AvgIpc) is 2.78. The molecule has 0 unspecified atom stereocenters. The minimum Gasteiger partial charge on any atom is -0.466 e. The van der Waals surface area contributed by atoms with E-state index < -0.39 is 0 Å². The third kappa shape index (κ3) is 3.17. The number of ether oxygens (including phenoxy) is 1. The van der Waals surface area contributed by atoms with Gasteiger partial charge in [-0.3, -0.25) is 4.79 Å². The quantitative estimate of drug-likeness (QED) is 0.793. The summed E-state index contributed by atoms with van der Waals surface area (Å²) < 4.78 is 4.91. The molecule has 0 saturated heterocycles. The van der Waals surface area contributed by atoms with Crippen LogP contribution in [0.4, 0.5) is 0 Å². The van der Waals surface area contributed by atoms with Gasteiger partial charge in [0, 0.05) is 10.9 Å². The van der Waals surface area contributed by atoms with Gasteiger partial charge < -0.3 is 4.74 Å². The van der Waals surface area contributed by atoms with Crippen molar-refractivity contribution < 1.29 is 9.53 Å². The van der Waals surface area contributed by atoms with E-state index in [0.717, 1.165) is 16.3 Å². The Bertz CT molecular complexity index is 548. The standard InChI is InChI=1S/C14H15NO2S/c1-3-17-13(16)8-12-9-18-14(15-12)11-6-4-5-10(2)7-11/h4-7,9H,3,8H2,1-2H3. The monoisotopic (exact) mass is 261 g/mol. The molecule has 1 aromatic carbocycles. The first-order valence-electron chi connectivity index (χ1n) is 5.86. The van der Waals surface area contributed by atoms with Gasteiger partial charge in [-0.2, -0.15) is 0 Å². The fourth-order valence-electron chi connectivity index (χ4n) is 1.66. The molecule has 0 aliphatic rings. The Labute approximate surface area is 110 Å². The second-order valence-corrected chi connectivity index (χ2v) is 4.85. The molecule has 94 valence electrons. The summed E-state index contributed by atoms with van der Waals surface area (Å²) in [5.41, 5.74) is 3.07. The van der Waals surface area contributed by atoms with Crippen molar-refractivity contribution in [3.05, 3.63) is 40.9 Å². The molecule has 1 heterocycles. The second-order valence-electron chi connectivity index (χ2n) is 4.00. The Morgan fingerprint density at radius 1 is 1.44 bits per heavy atom. The number of carbonyl (C=O) groups is 1. The molecule has 0 fully saturated rings. The summed E-state index contributed by atoms with van der Waals surface area (Å²) in [6.07, 6.45) is 0.246. The molecule has 2 aromatic rings. The van der Waals surface area contributed by atoms with Gasteiger partial charge >= 0.3 is 5.97 Å². The van der Waals surface area contributed by atoms with E-state index in [1.165, 1.54) is 5.56 Å². The van der Waals surface area contributed by atoms with E-state index in [-0.39, 0.29) is 12.4 Å². The molecule has 2 rings (SSSR count). The number of nitrogens with zero attached hydrogens (tertiary/aromatic N) is 1. The number of hydrogen-bond donors (Lipinski definition) is 0. The molecule has 0 radical (unpaired) electrons. The molecule has 4 heteroatoms. The van der Waals surface area contributed by atoms with Crippen molar-refractivity contribution in [3.63, 3.8) is 0 Å². The van der Waals surface area contributed by atoms with Crippen molar-refractivity contribution in [1.82, 2.24) is 4.98 Å². The lowest BCUT2D eigenvalue weighted by Crippen LogP contribution is -2.07. The minimum absolute atomic E-state index is 0.224. The van der Waals surface area contributed by atoms with Crippen molar-refractivity contribution in [1.29, 1.82) is 0 Å². The highest BCUT2D eigenvalue weighted by atomic mass is 32.1. The predicted molar refractivity (Wildman–Crippen MR) is 72.6 cm³/mol. The van der Waals surface area contributed by atoms with E-state index in [4.69, 9.17) is 4.74 Å². The molecule has 0 atom stereocenters. The maximum atomic E-state index is 11.4. The number of aromatic nitrogens is 1. The van der Waals surface area contributed by atoms with Gasteiger partial charge in [-0.05, 0) is 19.9 Å². The van der Waals surface area contributed by atoms with E-state index in [1.807, 2.05) is 17.5 Å². The SMILES string of the molecule is CCOC(=O)Cc1csc(-c2cccc(C)c2)n1. The van der Waals surface area contributed by atoms with Gasteiger partial charge in [-0.15, -0.1) is 11.3 Å². The summed E-state index contributed by atoms with van der Waals surface area (Å²) in [7, 11) is 0. The largest absolute Gasteiger partial charge is 0.466 e. The zero-order valence-electron chi connectivity index (χ0n) is 10.5. The zero-order chi connectivity index (χ0) is 13.0. The molecule has 0 amide bonds. The molecule has 1 aromatic heterocycles. The van der Waals surface area contributed by atoms with Crippen molar-refractivity contribution in [3.8, 4) is 10.6 Å². The van der Waals surface area contributed by atoms with Gasteiger partial charge in [-0.25, -0.2) is 4.98 Å². The highest BCUT2D eigenvalue weighted by molar-refractivity contribution is 7.13. The summed E-state index contributed by atoms with van der Waals surface area (Å²) >= 11 is 1.55. The van der Waals surface area contributed by atoms with E-state index >= 15 is 0 Å². The van der Waals surface area contributed by atoms with Crippen LogP contribution < -0.4 is 0 Å². The fraction of sp³-hybridized carbons (Fsp3) is 0.286. The Hall–Kier alpha value is -1.68. The number of carbonyl (C=O) groups excluding carboxylic acids is 1. The summed E-state index contributed by atoms with van der Waals surface area (Å²) in [6.45, 7) is 4.27. The van der Waals surface area contributed by atoms with Crippen LogP contribution in [0.1, 0.15) is 18.2 Å². The number of esters is 1. The third-order valence-corrected chi connectivity index (χ3v) is 3.39. The van der Waals surface area contributed by atoms with Gasteiger partial charge in [0.15, 0.2) is 0 Å². The van der Waals surface area contributed by atoms with Crippen molar-refractivity contribution in [2.75, 3.05) is 6.61 Å². The zero-order valence-corrected chi connectivity index (χ0v) is 11.3. The van der Waals surface area contributed by atoms with Gasteiger partial charge in [0.1, 0.15) is 5.01 Å². The van der Waals surface area contributed by atoms with Gasteiger partial charge in [0.2, 0.25) is 0 Å². The highest BCUT2D eigenvalue weighted by Crippen LogP contribution is 2.24. The molecule has 0 bridgehead atoms. The number of rotatable bonds is 4. The fourth-order valence-corrected chi connectivity index (χ4v) is 2.48. The van der Waals surface area contributed by atoms with Crippen molar-refractivity contribution >= 4 is 17.3 Å². The smallest absolute Gasteiger partial charge is 0.311 e. The van der Waals surface area contributed by atoms with Crippen LogP contribution in [0.5, 0.6) is 0 Å². The van der Waals surface area contributed by atoms with Crippen LogP contribution >= 0.6 is 11.3 Å². The maximum Gasteiger partial charge on any atom is 0.311 e. The molecule has 0 N–H and O–H groups in total. The first-order valence-corrected chi connectivity index (χ1v) is 6.74. The predicted octanol–water partition coefficient (Wildman–Crippen LogP) is 3.22. The van der Waals surface area contributed by atoms with Crippen molar-refractivity contribution in [2.45, 2.75) is 20.3 Å². The van der Waals surface area contributed by atoms with Gasteiger partial charge in [0.25, 0.3) is 0 Å². The van der Waals surface area contributed by atoms with E-state index in [2.05, 4.69) is 24.0 Å². The number of aryl methyl sites for hydroxylation is 1. The topological polar surface area (TPSA) is 39.2 Å². The van der Waals surface area contributed by atoms with Crippen LogP contribution in [-0.2, 0) is 16.0 Å². The Balaban J connectivity index is 2.13. The second kappa shape index (κ2) is 5.78. The molecule has 3 nitrogen and oxygen atoms in total. The number of thiazole rings is 1. The lowest BCUT2D eigenvalue weighted by atomic mass is 10.1. The van der Waals surface area contributed by atoms with Crippen LogP contribution in [-0.4, -0.2) is 17.6 Å². The summed E-state index contributed by atoms with van der Waals surface area (Å²) in [4.78, 5) is 15.8. The average molecular weight is 261 g/mol. The molecule has 0 spiro atoms. The third-order valence-electron chi connectivity index (χ3n) is 2.45. The lowest BCUT2D eigenvalue weighted by Gasteiger charge is -1.99. The van der Waals surface area contributed by atoms with Gasteiger partial charge in [-0.1, -0.05) is 23.8 Å². The van der Waals surface area contributed by atoms with Crippen LogP contribution in [0.25, 0.3) is 10.6 Å². The Morgan fingerprint density at radius 3 is 3.00 bits per heavy atom. The summed E-state index contributed by atoms with van der Waals surface area (Å²) in [6, 6.07) is 8.18. The Morgan fingerprint density at radius 2 is 2.28 bits per heavy atom. The van der Waals surface area contributed by atoms with Crippen molar-refractivity contribution in [2.24, 2.45) is 0 Å². The number of benzene rings is 1. The molecule has 0 aliphatic heterocycles. The van der Waals surface area contributed by atoms with Crippen LogP contribution in [0, 0.1) is 6.92 Å². The molecule has 18 heavy (non-hydrogen) atoms. The van der Waals surface area contributed by atoms with Crippen LogP contribution in [0.3, 0.4) is 0 Å². The summed E-state index contributed by atoms with van der Waals surface area (Å²) in [5, 5.41) is 2.85. The lowest BCUT2D eigenvalue weighted by molar-refractivity contribution is -0.142. The van der Waals surface area contributed by atoms with Crippen LogP contribution in [0.15, 0.2) is 29.6 Å². The van der Waals surface area contributed by atoms with E-state index in [0.29, 0.717) is 6.61 Å². The molecular formula is C14H15NO2S. The van der Waals surface area contributed by atoms with E-state index in [9.17, 15) is 4.79 Å². The van der Waals surface area contributed by atoms with E-state index in [1.54, 1.807) is 18.3 Å². The minimum atomic E-state index is -0.224. The first-order chi connectivity index (χ1) is 8.69. The first kappa shape index (κ1) is 12.8. The van der Waals surface area contributed by atoms with Gasteiger partial charge in [0.05, 0.1) is 18.7 Å². The highest BCUT2D eigenvalue weighted by Gasteiger charge is 2.09. The molecule has 0 saturated carbocycles. The molecular weight excluding hydrogens is 246 g/mol. The summed E-state index contributed by atoms with van der Waals surface area (Å²) in [5.74, 6) is -0.224.